The van der Waals surface area contributed by atoms with Gasteiger partial charge in [-0.2, -0.15) is 0 Å². The average molecular weight is 220 g/mol. The van der Waals surface area contributed by atoms with Crippen LogP contribution in [-0.4, -0.2) is 9.97 Å². The third-order valence-electron chi connectivity index (χ3n) is 2.05. The lowest BCUT2D eigenvalue weighted by Crippen LogP contribution is -1.97. The first-order valence-corrected chi connectivity index (χ1v) is 4.94. The van der Waals surface area contributed by atoms with E-state index in [1.807, 2.05) is 18.2 Å². The van der Waals surface area contributed by atoms with Gasteiger partial charge in [0.1, 0.15) is 0 Å². The molecule has 0 saturated carbocycles. The molecule has 15 heavy (non-hydrogen) atoms. The van der Waals surface area contributed by atoms with Gasteiger partial charge in [0.2, 0.25) is 0 Å². The molecule has 0 aliphatic carbocycles. The molecule has 2 heterocycles. The van der Waals surface area contributed by atoms with Gasteiger partial charge < -0.3 is 5.73 Å². The van der Waals surface area contributed by atoms with Crippen LogP contribution < -0.4 is 5.73 Å². The Kier molecular flexibility index (Phi) is 2.94. The zero-order chi connectivity index (χ0) is 10.7. The fourth-order valence-corrected chi connectivity index (χ4v) is 1.34. The quantitative estimate of drug-likeness (QED) is 0.843. The van der Waals surface area contributed by atoms with E-state index >= 15 is 0 Å². The zero-order valence-electron chi connectivity index (χ0n) is 8.02. The number of halogens is 1. The van der Waals surface area contributed by atoms with E-state index in [0.717, 1.165) is 17.0 Å². The number of nitrogens with two attached hydrogens (primary N) is 1. The van der Waals surface area contributed by atoms with Crippen LogP contribution in [0.5, 0.6) is 0 Å². The SMILES string of the molecule is NCc1ccc(-c2ccc(Cl)cn2)nc1. The van der Waals surface area contributed by atoms with Crippen LogP contribution in [0.3, 0.4) is 0 Å². The monoisotopic (exact) mass is 219 g/mol. The van der Waals surface area contributed by atoms with Crippen molar-refractivity contribution in [3.8, 4) is 11.4 Å². The predicted octanol–water partition coefficient (Wildman–Crippen LogP) is 2.26. The third kappa shape index (κ3) is 2.32. The molecule has 76 valence electrons. The molecule has 3 nitrogen and oxygen atoms in total. The van der Waals surface area contributed by atoms with Crippen molar-refractivity contribution in [3.63, 3.8) is 0 Å². The summed E-state index contributed by atoms with van der Waals surface area (Å²) in [5, 5.41) is 0.623. The fraction of sp³-hybridized carbons (Fsp3) is 0.0909. The van der Waals surface area contributed by atoms with E-state index in [1.54, 1.807) is 18.5 Å². The molecule has 0 spiro atoms. The van der Waals surface area contributed by atoms with E-state index in [4.69, 9.17) is 17.3 Å². The summed E-state index contributed by atoms with van der Waals surface area (Å²) in [6.45, 7) is 0.501. The van der Waals surface area contributed by atoms with Gasteiger partial charge in [0.25, 0.3) is 0 Å². The Morgan fingerprint density at radius 1 is 1.00 bits per heavy atom. The van der Waals surface area contributed by atoms with Crippen molar-refractivity contribution in [3.05, 3.63) is 47.2 Å². The summed E-state index contributed by atoms with van der Waals surface area (Å²) >= 11 is 5.75. The highest BCUT2D eigenvalue weighted by atomic mass is 35.5. The van der Waals surface area contributed by atoms with Crippen molar-refractivity contribution >= 4 is 11.6 Å². The van der Waals surface area contributed by atoms with Gasteiger partial charge in [0.05, 0.1) is 16.4 Å². The third-order valence-corrected chi connectivity index (χ3v) is 2.27. The number of hydrogen-bond donors (Lipinski definition) is 1. The normalized spacial score (nSPS) is 10.3. The van der Waals surface area contributed by atoms with E-state index in [1.165, 1.54) is 0 Å². The highest BCUT2D eigenvalue weighted by Gasteiger charge is 2.00. The smallest absolute Gasteiger partial charge is 0.0887 e. The lowest BCUT2D eigenvalue weighted by atomic mass is 10.2. The van der Waals surface area contributed by atoms with Crippen LogP contribution >= 0.6 is 11.6 Å². The van der Waals surface area contributed by atoms with Gasteiger partial charge >= 0.3 is 0 Å². The van der Waals surface area contributed by atoms with E-state index in [-0.39, 0.29) is 0 Å². The number of hydrogen-bond acceptors (Lipinski definition) is 3. The Bertz CT molecular complexity index is 436. The van der Waals surface area contributed by atoms with E-state index < -0.39 is 0 Å². The largest absolute Gasteiger partial charge is 0.326 e. The molecule has 2 aromatic rings. The van der Waals surface area contributed by atoms with Gasteiger partial charge in [-0.15, -0.1) is 0 Å². The Labute approximate surface area is 92.9 Å². The zero-order valence-corrected chi connectivity index (χ0v) is 8.78. The molecule has 0 amide bonds. The number of pyridine rings is 2. The maximum absolute atomic E-state index is 5.75. The summed E-state index contributed by atoms with van der Waals surface area (Å²) in [4.78, 5) is 8.44. The first kappa shape index (κ1) is 10.1. The van der Waals surface area contributed by atoms with Crippen molar-refractivity contribution in [1.82, 2.24) is 9.97 Å². The van der Waals surface area contributed by atoms with Crippen molar-refractivity contribution in [2.45, 2.75) is 6.54 Å². The Balaban J connectivity index is 2.33. The van der Waals surface area contributed by atoms with Crippen molar-refractivity contribution in [2.75, 3.05) is 0 Å². The first-order chi connectivity index (χ1) is 7.29. The molecule has 4 heteroatoms. The Morgan fingerprint density at radius 3 is 2.13 bits per heavy atom. The van der Waals surface area contributed by atoms with Crippen LogP contribution in [0.25, 0.3) is 11.4 Å². The average Bonchev–Trinajstić information content (AvgIpc) is 2.30. The summed E-state index contributed by atoms with van der Waals surface area (Å²) in [7, 11) is 0. The highest BCUT2D eigenvalue weighted by molar-refractivity contribution is 6.30. The molecule has 0 aliphatic heterocycles. The molecule has 2 rings (SSSR count). The topological polar surface area (TPSA) is 51.8 Å². The Morgan fingerprint density at radius 2 is 1.67 bits per heavy atom. The van der Waals surface area contributed by atoms with Gasteiger partial charge in [0.15, 0.2) is 0 Å². The molecule has 0 bridgehead atoms. The first-order valence-electron chi connectivity index (χ1n) is 4.56. The van der Waals surface area contributed by atoms with Crippen LogP contribution in [0, 0.1) is 0 Å². The molecule has 0 fully saturated rings. The van der Waals surface area contributed by atoms with Crippen molar-refractivity contribution < 1.29 is 0 Å². The molecule has 0 saturated heterocycles. The van der Waals surface area contributed by atoms with Gasteiger partial charge in [0, 0.05) is 18.9 Å². The molecule has 0 atom stereocenters. The maximum Gasteiger partial charge on any atom is 0.0887 e. The highest BCUT2D eigenvalue weighted by Crippen LogP contribution is 2.16. The summed E-state index contributed by atoms with van der Waals surface area (Å²) < 4.78 is 0. The number of nitrogens with zero attached hydrogens (tertiary/aromatic N) is 2. The number of aromatic nitrogens is 2. The Hall–Kier alpha value is -1.45. The molecule has 2 N–H and O–H groups in total. The standard InChI is InChI=1S/C11H10ClN3/c12-9-2-4-11(15-7-9)10-3-1-8(5-13)6-14-10/h1-4,6-7H,5,13H2. The van der Waals surface area contributed by atoms with Crippen LogP contribution in [0.2, 0.25) is 5.02 Å². The lowest BCUT2D eigenvalue weighted by molar-refractivity contribution is 1.05. The van der Waals surface area contributed by atoms with E-state index in [0.29, 0.717) is 11.6 Å². The van der Waals surface area contributed by atoms with Crippen molar-refractivity contribution in [2.24, 2.45) is 5.73 Å². The second kappa shape index (κ2) is 4.38. The molecule has 2 aromatic heterocycles. The molecule has 0 aromatic carbocycles. The van der Waals surface area contributed by atoms with Crippen LogP contribution in [0.15, 0.2) is 36.7 Å². The van der Waals surface area contributed by atoms with Gasteiger partial charge in [-0.3, -0.25) is 9.97 Å². The minimum atomic E-state index is 0.501. The van der Waals surface area contributed by atoms with Gasteiger partial charge in [-0.25, -0.2) is 0 Å². The van der Waals surface area contributed by atoms with Crippen LogP contribution in [0.4, 0.5) is 0 Å². The molecule has 0 unspecified atom stereocenters. The summed E-state index contributed by atoms with van der Waals surface area (Å²) in [6.07, 6.45) is 3.36. The summed E-state index contributed by atoms with van der Waals surface area (Å²) in [5.41, 5.74) is 8.12. The number of rotatable bonds is 2. The van der Waals surface area contributed by atoms with Crippen molar-refractivity contribution in [1.29, 1.82) is 0 Å². The maximum atomic E-state index is 5.75. The molecular formula is C11H10ClN3. The lowest BCUT2D eigenvalue weighted by Gasteiger charge is -2.01. The van der Waals surface area contributed by atoms with Gasteiger partial charge in [-0.1, -0.05) is 17.7 Å². The van der Waals surface area contributed by atoms with Crippen LogP contribution in [-0.2, 0) is 6.54 Å². The second-order valence-corrected chi connectivity index (χ2v) is 3.55. The molecule has 0 aliphatic rings. The predicted molar refractivity (Wildman–Crippen MR) is 60.4 cm³/mol. The molecule has 0 radical (unpaired) electrons. The van der Waals surface area contributed by atoms with E-state index in [2.05, 4.69) is 9.97 Å². The minimum absolute atomic E-state index is 0.501. The second-order valence-electron chi connectivity index (χ2n) is 3.12. The fourth-order valence-electron chi connectivity index (χ4n) is 1.22. The van der Waals surface area contributed by atoms with E-state index in [9.17, 15) is 0 Å². The summed E-state index contributed by atoms with van der Waals surface area (Å²) in [5.74, 6) is 0. The summed E-state index contributed by atoms with van der Waals surface area (Å²) in [6, 6.07) is 7.48. The minimum Gasteiger partial charge on any atom is -0.326 e. The van der Waals surface area contributed by atoms with Crippen LogP contribution in [0.1, 0.15) is 5.56 Å². The molecular weight excluding hydrogens is 210 g/mol. The van der Waals surface area contributed by atoms with Gasteiger partial charge in [-0.05, 0) is 23.8 Å².